The smallest absolute Gasteiger partial charge is 0.228 e. The Kier molecular flexibility index (Phi) is 4.54. The van der Waals surface area contributed by atoms with Gasteiger partial charge in [-0.3, -0.25) is 4.79 Å². The van der Waals surface area contributed by atoms with Crippen LogP contribution in [0.3, 0.4) is 0 Å². The molecule has 19 heavy (non-hydrogen) atoms. The lowest BCUT2D eigenvalue weighted by atomic mass is 9.73. The number of carbonyl (C=O) groups excluding carboxylic acids is 1. The first-order chi connectivity index (χ1) is 8.91. The van der Waals surface area contributed by atoms with Crippen molar-refractivity contribution in [2.24, 2.45) is 23.2 Å². The van der Waals surface area contributed by atoms with Gasteiger partial charge in [0.1, 0.15) is 0 Å². The zero-order valence-electron chi connectivity index (χ0n) is 13.0. The first kappa shape index (κ1) is 14.8. The van der Waals surface area contributed by atoms with Crippen LogP contribution in [0.2, 0.25) is 0 Å². The first-order valence-corrected chi connectivity index (χ1v) is 7.91. The molecule has 0 aromatic rings. The number of likely N-dealkylation sites (tertiary alicyclic amines) is 1. The Bertz CT molecular complexity index is 311. The second kappa shape index (κ2) is 5.82. The van der Waals surface area contributed by atoms with Crippen LogP contribution in [0.25, 0.3) is 0 Å². The quantitative estimate of drug-likeness (QED) is 0.833. The van der Waals surface area contributed by atoms with Crippen LogP contribution in [0.5, 0.6) is 0 Å². The van der Waals surface area contributed by atoms with E-state index >= 15 is 0 Å². The van der Waals surface area contributed by atoms with E-state index in [4.69, 9.17) is 0 Å². The molecule has 2 aliphatic rings. The van der Waals surface area contributed by atoms with Gasteiger partial charge in [0, 0.05) is 18.5 Å². The minimum atomic E-state index is -0.218. The summed E-state index contributed by atoms with van der Waals surface area (Å²) in [5.74, 6) is 2.15. The highest BCUT2D eigenvalue weighted by molar-refractivity contribution is 5.82. The van der Waals surface area contributed by atoms with E-state index in [0.717, 1.165) is 26.2 Å². The summed E-state index contributed by atoms with van der Waals surface area (Å²) in [7, 11) is 0. The van der Waals surface area contributed by atoms with E-state index in [1.54, 1.807) is 0 Å². The molecule has 3 heteroatoms. The van der Waals surface area contributed by atoms with Crippen molar-refractivity contribution in [3.8, 4) is 0 Å². The van der Waals surface area contributed by atoms with E-state index in [-0.39, 0.29) is 5.41 Å². The highest BCUT2D eigenvalue weighted by Gasteiger charge is 2.41. The van der Waals surface area contributed by atoms with Crippen molar-refractivity contribution in [1.29, 1.82) is 0 Å². The van der Waals surface area contributed by atoms with Crippen molar-refractivity contribution in [2.75, 3.05) is 26.2 Å². The number of piperidine rings is 2. The number of nitrogens with one attached hydrogen (secondary N) is 1. The maximum Gasteiger partial charge on any atom is 0.228 e. The molecule has 3 unspecified atom stereocenters. The molecule has 0 radical (unpaired) electrons. The molecule has 0 bridgehead atoms. The second-order valence-electron chi connectivity index (χ2n) is 7.42. The monoisotopic (exact) mass is 266 g/mol. The SMILES string of the molecule is CC1CC(C)CN(C(=O)C(C)(C)C2CCCNC2)C1. The summed E-state index contributed by atoms with van der Waals surface area (Å²) in [6.07, 6.45) is 3.65. The Labute approximate surface area is 118 Å². The van der Waals surface area contributed by atoms with Crippen LogP contribution in [-0.4, -0.2) is 37.0 Å². The lowest BCUT2D eigenvalue weighted by molar-refractivity contribution is -0.146. The Morgan fingerprint density at radius 3 is 2.37 bits per heavy atom. The molecule has 2 fully saturated rings. The maximum absolute atomic E-state index is 12.9. The first-order valence-electron chi connectivity index (χ1n) is 7.91. The maximum atomic E-state index is 12.9. The summed E-state index contributed by atoms with van der Waals surface area (Å²) in [5, 5.41) is 3.45. The molecule has 2 heterocycles. The Morgan fingerprint density at radius 2 is 1.84 bits per heavy atom. The topological polar surface area (TPSA) is 32.3 Å². The number of carbonyl (C=O) groups is 1. The highest BCUT2D eigenvalue weighted by Crippen LogP contribution is 2.35. The van der Waals surface area contributed by atoms with E-state index in [1.807, 2.05) is 0 Å². The molecule has 1 N–H and O–H groups in total. The molecule has 0 aromatic heterocycles. The van der Waals surface area contributed by atoms with Crippen LogP contribution in [0.4, 0.5) is 0 Å². The molecule has 0 saturated carbocycles. The van der Waals surface area contributed by atoms with Gasteiger partial charge in [0.05, 0.1) is 0 Å². The zero-order valence-corrected chi connectivity index (χ0v) is 13.0. The third-order valence-electron chi connectivity index (χ3n) is 5.02. The van der Waals surface area contributed by atoms with Crippen molar-refractivity contribution in [3.63, 3.8) is 0 Å². The molecule has 0 aliphatic carbocycles. The second-order valence-corrected chi connectivity index (χ2v) is 7.42. The van der Waals surface area contributed by atoms with Crippen LogP contribution in [0.1, 0.15) is 47.0 Å². The fraction of sp³-hybridized carbons (Fsp3) is 0.938. The molecule has 2 rings (SSSR count). The molecule has 2 aliphatic heterocycles. The zero-order chi connectivity index (χ0) is 14.0. The van der Waals surface area contributed by atoms with Crippen molar-refractivity contribution >= 4 is 5.91 Å². The summed E-state index contributed by atoms with van der Waals surface area (Å²) in [6.45, 7) is 12.8. The van der Waals surface area contributed by atoms with Gasteiger partial charge in [0.2, 0.25) is 5.91 Å². The average molecular weight is 266 g/mol. The fourth-order valence-corrected chi connectivity index (χ4v) is 3.88. The standard InChI is InChI=1S/C16H30N2O/c1-12-8-13(2)11-18(10-12)15(19)16(3,4)14-6-5-7-17-9-14/h12-14,17H,5-11H2,1-4H3. The third-order valence-corrected chi connectivity index (χ3v) is 5.02. The van der Waals surface area contributed by atoms with Crippen LogP contribution < -0.4 is 5.32 Å². The van der Waals surface area contributed by atoms with Gasteiger partial charge in [-0.15, -0.1) is 0 Å². The molecule has 3 atom stereocenters. The molecular formula is C16H30N2O. The van der Waals surface area contributed by atoms with Crippen LogP contribution >= 0.6 is 0 Å². The summed E-state index contributed by atoms with van der Waals surface area (Å²) >= 11 is 0. The minimum absolute atomic E-state index is 0.218. The van der Waals surface area contributed by atoms with Gasteiger partial charge in [-0.05, 0) is 50.1 Å². The lowest BCUT2D eigenvalue weighted by Crippen LogP contribution is -2.52. The van der Waals surface area contributed by atoms with E-state index in [1.165, 1.54) is 19.3 Å². The molecule has 2 saturated heterocycles. The van der Waals surface area contributed by atoms with Crippen molar-refractivity contribution in [1.82, 2.24) is 10.2 Å². The summed E-state index contributed by atoms with van der Waals surface area (Å²) in [5.41, 5.74) is -0.218. The number of amides is 1. The van der Waals surface area contributed by atoms with Gasteiger partial charge in [-0.25, -0.2) is 0 Å². The number of rotatable bonds is 2. The number of hydrogen-bond acceptors (Lipinski definition) is 2. The summed E-state index contributed by atoms with van der Waals surface area (Å²) in [6, 6.07) is 0. The predicted molar refractivity (Wildman–Crippen MR) is 78.9 cm³/mol. The average Bonchev–Trinajstić information content (AvgIpc) is 2.37. The lowest BCUT2D eigenvalue weighted by Gasteiger charge is -2.43. The van der Waals surface area contributed by atoms with Gasteiger partial charge >= 0.3 is 0 Å². The Balaban J connectivity index is 2.04. The molecule has 0 spiro atoms. The normalized spacial score (nSPS) is 33.3. The molecule has 3 nitrogen and oxygen atoms in total. The minimum Gasteiger partial charge on any atom is -0.342 e. The van der Waals surface area contributed by atoms with Gasteiger partial charge in [-0.1, -0.05) is 27.7 Å². The van der Waals surface area contributed by atoms with Crippen molar-refractivity contribution < 1.29 is 4.79 Å². The van der Waals surface area contributed by atoms with E-state index in [2.05, 4.69) is 37.9 Å². The van der Waals surface area contributed by atoms with Gasteiger partial charge < -0.3 is 10.2 Å². The molecular weight excluding hydrogens is 236 g/mol. The van der Waals surface area contributed by atoms with Gasteiger partial charge in [0.15, 0.2) is 0 Å². The van der Waals surface area contributed by atoms with Crippen LogP contribution in [0.15, 0.2) is 0 Å². The Morgan fingerprint density at radius 1 is 1.21 bits per heavy atom. The highest BCUT2D eigenvalue weighted by atomic mass is 16.2. The molecule has 110 valence electrons. The van der Waals surface area contributed by atoms with E-state index < -0.39 is 0 Å². The summed E-state index contributed by atoms with van der Waals surface area (Å²) in [4.78, 5) is 15.0. The van der Waals surface area contributed by atoms with Gasteiger partial charge in [0.25, 0.3) is 0 Å². The van der Waals surface area contributed by atoms with Gasteiger partial charge in [-0.2, -0.15) is 0 Å². The molecule has 1 amide bonds. The Hall–Kier alpha value is -0.570. The fourth-order valence-electron chi connectivity index (χ4n) is 3.88. The largest absolute Gasteiger partial charge is 0.342 e. The van der Waals surface area contributed by atoms with Crippen LogP contribution in [-0.2, 0) is 4.79 Å². The predicted octanol–water partition coefficient (Wildman–Crippen LogP) is 2.52. The number of hydrogen-bond donors (Lipinski definition) is 1. The number of nitrogens with zero attached hydrogens (tertiary/aromatic N) is 1. The molecule has 0 aromatic carbocycles. The van der Waals surface area contributed by atoms with E-state index in [0.29, 0.717) is 23.7 Å². The van der Waals surface area contributed by atoms with E-state index in [9.17, 15) is 4.79 Å². The third kappa shape index (κ3) is 3.31. The summed E-state index contributed by atoms with van der Waals surface area (Å²) < 4.78 is 0. The van der Waals surface area contributed by atoms with Crippen molar-refractivity contribution in [2.45, 2.75) is 47.0 Å². The van der Waals surface area contributed by atoms with Crippen molar-refractivity contribution in [3.05, 3.63) is 0 Å². The van der Waals surface area contributed by atoms with Crippen LogP contribution in [0, 0.1) is 23.2 Å².